The summed E-state index contributed by atoms with van der Waals surface area (Å²) in [4.78, 5) is 11.9. The predicted octanol–water partition coefficient (Wildman–Crippen LogP) is 7.40. The molecule has 0 aliphatic heterocycles. The first-order valence-corrected chi connectivity index (χ1v) is 11.4. The van der Waals surface area contributed by atoms with Crippen molar-refractivity contribution in [3.8, 4) is 0 Å². The number of carbonyl (C=O) groups is 1. The molecule has 0 rings (SSSR count). The van der Waals surface area contributed by atoms with Crippen LogP contribution in [0.5, 0.6) is 0 Å². The molecular formula is C21H44O2S. The van der Waals surface area contributed by atoms with E-state index in [1.807, 2.05) is 13.8 Å². The number of unbranched alkanes of at least 4 members (excludes halogenated alkanes) is 9. The maximum absolute atomic E-state index is 11.9. The molecule has 0 saturated carbocycles. The Morgan fingerprint density at radius 2 is 1.33 bits per heavy atom. The second-order valence-corrected chi connectivity index (χ2v) is 7.34. The number of ether oxygens (including phenoxy) is 1. The molecule has 24 heavy (non-hydrogen) atoms. The topological polar surface area (TPSA) is 26.3 Å². The van der Waals surface area contributed by atoms with E-state index in [-0.39, 0.29) is 6.10 Å². The van der Waals surface area contributed by atoms with Crippen LogP contribution in [0.15, 0.2) is 0 Å². The molecule has 0 aromatic carbocycles. The first-order valence-electron chi connectivity index (χ1n) is 10.4. The fourth-order valence-electron chi connectivity index (χ4n) is 2.55. The molecule has 0 amide bonds. The second-order valence-electron chi connectivity index (χ2n) is 6.26. The molecular weight excluding hydrogens is 316 g/mol. The van der Waals surface area contributed by atoms with Gasteiger partial charge in [0.15, 0.2) is 5.12 Å². The van der Waals surface area contributed by atoms with Crippen molar-refractivity contribution in [2.75, 3.05) is 12.9 Å². The van der Waals surface area contributed by atoms with Gasteiger partial charge in [-0.1, -0.05) is 104 Å². The van der Waals surface area contributed by atoms with E-state index < -0.39 is 0 Å². The van der Waals surface area contributed by atoms with Crippen molar-refractivity contribution in [2.24, 2.45) is 0 Å². The van der Waals surface area contributed by atoms with Gasteiger partial charge >= 0.3 is 0 Å². The SMILES string of the molecule is CC.CCCCCCCCC(=O)SCC(CCCCCCC)OC. The van der Waals surface area contributed by atoms with Crippen LogP contribution >= 0.6 is 11.8 Å². The Bertz CT molecular complexity index is 244. The first-order chi connectivity index (χ1) is 11.7. The van der Waals surface area contributed by atoms with Crippen LogP contribution in [0, 0.1) is 0 Å². The monoisotopic (exact) mass is 360 g/mol. The molecule has 0 radical (unpaired) electrons. The lowest BCUT2D eigenvalue weighted by Crippen LogP contribution is -2.15. The van der Waals surface area contributed by atoms with Gasteiger partial charge in [0.25, 0.3) is 0 Å². The Hall–Kier alpha value is -0.0200. The van der Waals surface area contributed by atoms with Crippen LogP contribution in [0.2, 0.25) is 0 Å². The van der Waals surface area contributed by atoms with Gasteiger partial charge in [-0.2, -0.15) is 0 Å². The van der Waals surface area contributed by atoms with Crippen molar-refractivity contribution in [1.82, 2.24) is 0 Å². The largest absolute Gasteiger partial charge is 0.381 e. The summed E-state index contributed by atoms with van der Waals surface area (Å²) < 4.78 is 5.50. The van der Waals surface area contributed by atoms with Gasteiger partial charge in [-0.05, 0) is 12.8 Å². The molecule has 3 heteroatoms. The molecule has 0 aromatic rings. The van der Waals surface area contributed by atoms with Crippen LogP contribution in [0.1, 0.15) is 111 Å². The summed E-state index contributed by atoms with van der Waals surface area (Å²) in [6.07, 6.45) is 16.0. The van der Waals surface area contributed by atoms with E-state index in [9.17, 15) is 4.79 Å². The van der Waals surface area contributed by atoms with Gasteiger partial charge in [-0.3, -0.25) is 4.79 Å². The van der Waals surface area contributed by atoms with Crippen molar-refractivity contribution in [1.29, 1.82) is 0 Å². The van der Waals surface area contributed by atoms with Crippen LogP contribution in [-0.4, -0.2) is 24.1 Å². The van der Waals surface area contributed by atoms with E-state index in [0.29, 0.717) is 5.12 Å². The third kappa shape index (κ3) is 20.0. The number of thioether (sulfide) groups is 1. The van der Waals surface area contributed by atoms with E-state index in [0.717, 1.165) is 25.0 Å². The van der Waals surface area contributed by atoms with Crippen molar-refractivity contribution in [3.63, 3.8) is 0 Å². The molecule has 0 aliphatic rings. The molecule has 0 N–H and O–H groups in total. The number of rotatable bonds is 16. The summed E-state index contributed by atoms with van der Waals surface area (Å²) >= 11 is 1.48. The lowest BCUT2D eigenvalue weighted by Gasteiger charge is -2.14. The maximum atomic E-state index is 11.9. The van der Waals surface area contributed by atoms with E-state index in [1.165, 1.54) is 76.0 Å². The molecule has 146 valence electrons. The summed E-state index contributed by atoms with van der Waals surface area (Å²) in [6.45, 7) is 8.47. The zero-order chi connectivity index (χ0) is 18.5. The second kappa shape index (κ2) is 23.0. The summed E-state index contributed by atoms with van der Waals surface area (Å²) in [5.74, 6) is 0.832. The molecule has 0 fully saturated rings. The van der Waals surface area contributed by atoms with Crippen LogP contribution in [0.25, 0.3) is 0 Å². The number of carbonyl (C=O) groups excluding carboxylic acids is 1. The van der Waals surface area contributed by atoms with E-state index >= 15 is 0 Å². The summed E-state index contributed by atoms with van der Waals surface area (Å²) in [5, 5.41) is 0.350. The van der Waals surface area contributed by atoms with Gasteiger partial charge in [0.1, 0.15) is 0 Å². The zero-order valence-corrected chi connectivity index (χ0v) is 18.0. The van der Waals surface area contributed by atoms with E-state index in [2.05, 4.69) is 13.8 Å². The predicted molar refractivity (Wildman–Crippen MR) is 111 cm³/mol. The lowest BCUT2D eigenvalue weighted by molar-refractivity contribution is -0.111. The standard InChI is InChI=1S/C19H38O2S.C2H6/c1-4-6-8-10-12-14-16-19(20)22-17-18(21-3)15-13-11-9-7-5-2;1-2/h18H,4-17H2,1-3H3;1-2H3. The molecule has 2 nitrogen and oxygen atoms in total. The lowest BCUT2D eigenvalue weighted by atomic mass is 10.1. The van der Waals surface area contributed by atoms with E-state index in [4.69, 9.17) is 4.74 Å². The highest BCUT2D eigenvalue weighted by Gasteiger charge is 2.10. The Morgan fingerprint density at radius 1 is 0.833 bits per heavy atom. The molecule has 0 aromatic heterocycles. The van der Waals surface area contributed by atoms with Crippen LogP contribution < -0.4 is 0 Å². The van der Waals surface area contributed by atoms with Crippen LogP contribution in [0.3, 0.4) is 0 Å². The third-order valence-electron chi connectivity index (χ3n) is 4.13. The minimum Gasteiger partial charge on any atom is -0.381 e. The quantitative estimate of drug-likeness (QED) is 0.268. The number of hydrogen-bond acceptors (Lipinski definition) is 3. The third-order valence-corrected chi connectivity index (χ3v) is 5.19. The van der Waals surface area contributed by atoms with Gasteiger partial charge in [0.2, 0.25) is 0 Å². The molecule has 0 saturated heterocycles. The molecule has 1 unspecified atom stereocenters. The molecule has 0 heterocycles. The van der Waals surface area contributed by atoms with Crippen LogP contribution in [0.4, 0.5) is 0 Å². The Kier molecular flexibility index (Phi) is 25.1. The Balaban J connectivity index is 0. The van der Waals surface area contributed by atoms with Gasteiger partial charge in [-0.25, -0.2) is 0 Å². The summed E-state index contributed by atoms with van der Waals surface area (Å²) in [7, 11) is 1.77. The average molecular weight is 361 g/mol. The summed E-state index contributed by atoms with van der Waals surface area (Å²) in [6, 6.07) is 0. The minimum absolute atomic E-state index is 0.250. The number of methoxy groups -OCH3 is 1. The van der Waals surface area contributed by atoms with Crippen molar-refractivity contribution in [3.05, 3.63) is 0 Å². The van der Waals surface area contributed by atoms with Gasteiger partial charge in [0.05, 0.1) is 6.10 Å². The fourth-order valence-corrected chi connectivity index (χ4v) is 3.52. The van der Waals surface area contributed by atoms with Crippen molar-refractivity contribution >= 4 is 16.9 Å². The molecule has 0 spiro atoms. The molecule has 0 bridgehead atoms. The van der Waals surface area contributed by atoms with Crippen molar-refractivity contribution in [2.45, 2.75) is 117 Å². The normalized spacial score (nSPS) is 11.7. The minimum atomic E-state index is 0.250. The zero-order valence-electron chi connectivity index (χ0n) is 17.2. The summed E-state index contributed by atoms with van der Waals surface area (Å²) in [5.41, 5.74) is 0. The highest BCUT2D eigenvalue weighted by atomic mass is 32.2. The van der Waals surface area contributed by atoms with Gasteiger partial charge in [0, 0.05) is 19.3 Å². The smallest absolute Gasteiger partial charge is 0.189 e. The van der Waals surface area contributed by atoms with Gasteiger partial charge < -0.3 is 4.74 Å². The Labute approximate surface area is 156 Å². The van der Waals surface area contributed by atoms with Crippen molar-refractivity contribution < 1.29 is 9.53 Å². The average Bonchev–Trinajstić information content (AvgIpc) is 2.62. The number of hydrogen-bond donors (Lipinski definition) is 0. The van der Waals surface area contributed by atoms with Crippen LogP contribution in [-0.2, 0) is 9.53 Å². The van der Waals surface area contributed by atoms with Gasteiger partial charge in [-0.15, -0.1) is 0 Å². The van der Waals surface area contributed by atoms with E-state index in [1.54, 1.807) is 7.11 Å². The first kappa shape index (κ1) is 26.2. The highest BCUT2D eigenvalue weighted by Crippen LogP contribution is 2.17. The molecule has 0 aliphatic carbocycles. The Morgan fingerprint density at radius 3 is 1.88 bits per heavy atom. The maximum Gasteiger partial charge on any atom is 0.189 e. The fraction of sp³-hybridized carbons (Fsp3) is 0.952. The molecule has 1 atom stereocenters. The highest BCUT2D eigenvalue weighted by molar-refractivity contribution is 8.13.